The third-order valence-electron chi connectivity index (χ3n) is 6.09. The summed E-state index contributed by atoms with van der Waals surface area (Å²) >= 11 is 0. The number of hydrogen-bond donors (Lipinski definition) is 0. The summed E-state index contributed by atoms with van der Waals surface area (Å²) in [4.78, 5) is 13.4. The number of benzene rings is 2. The van der Waals surface area contributed by atoms with Crippen molar-refractivity contribution in [3.8, 4) is 0 Å². The lowest BCUT2D eigenvalue weighted by Crippen LogP contribution is -2.50. The van der Waals surface area contributed by atoms with Crippen molar-refractivity contribution in [3.63, 3.8) is 0 Å². The van der Waals surface area contributed by atoms with Crippen LogP contribution in [0.1, 0.15) is 37.7 Å². The van der Waals surface area contributed by atoms with Crippen LogP contribution >= 0.6 is 0 Å². The molecule has 3 nitrogen and oxygen atoms in total. The number of nitrogens with zero attached hydrogens (tertiary/aromatic N) is 2. The van der Waals surface area contributed by atoms with Crippen molar-refractivity contribution < 1.29 is 4.79 Å². The number of fused-ring (bicyclic) bond motifs is 2. The number of carbonyl (C=O) groups excluding carboxylic acids is 1. The number of amides is 1. The summed E-state index contributed by atoms with van der Waals surface area (Å²) < 4.78 is 0. The molecule has 0 N–H and O–H groups in total. The molecule has 3 heteroatoms. The SMILES string of the molecule is O=C1N2C(Cc3ccccc3N2c2ccccc2)CC12CCCC2. The molecule has 1 unspecified atom stereocenters. The van der Waals surface area contributed by atoms with E-state index in [1.54, 1.807) is 0 Å². The van der Waals surface area contributed by atoms with Gasteiger partial charge in [0.15, 0.2) is 0 Å². The van der Waals surface area contributed by atoms with E-state index in [2.05, 4.69) is 46.4 Å². The van der Waals surface area contributed by atoms with Crippen LogP contribution in [0.25, 0.3) is 0 Å². The first-order valence-electron chi connectivity index (χ1n) is 9.05. The third kappa shape index (κ3) is 1.87. The van der Waals surface area contributed by atoms with Crippen LogP contribution in [0.15, 0.2) is 54.6 Å². The second-order valence-corrected chi connectivity index (χ2v) is 7.48. The molecule has 1 aliphatic carbocycles. The van der Waals surface area contributed by atoms with Crippen LogP contribution < -0.4 is 5.01 Å². The summed E-state index contributed by atoms with van der Waals surface area (Å²) in [5, 5.41) is 4.27. The number of anilines is 2. The third-order valence-corrected chi connectivity index (χ3v) is 6.09. The van der Waals surface area contributed by atoms with E-state index in [9.17, 15) is 4.79 Å². The van der Waals surface area contributed by atoms with Gasteiger partial charge in [0.25, 0.3) is 0 Å². The van der Waals surface area contributed by atoms with Gasteiger partial charge in [0.2, 0.25) is 5.91 Å². The molecule has 3 aliphatic rings. The second kappa shape index (κ2) is 5.10. The van der Waals surface area contributed by atoms with E-state index in [1.807, 2.05) is 18.2 Å². The highest BCUT2D eigenvalue weighted by atomic mass is 16.2. The zero-order valence-electron chi connectivity index (χ0n) is 13.8. The highest BCUT2D eigenvalue weighted by Gasteiger charge is 2.56. The molecule has 2 fully saturated rings. The highest BCUT2D eigenvalue weighted by Crippen LogP contribution is 2.53. The summed E-state index contributed by atoms with van der Waals surface area (Å²) in [6.07, 6.45) is 6.53. The van der Waals surface area contributed by atoms with E-state index in [0.717, 1.165) is 37.1 Å². The molecular formula is C21H22N2O. The molecule has 24 heavy (non-hydrogen) atoms. The predicted molar refractivity (Wildman–Crippen MR) is 94.9 cm³/mol. The second-order valence-electron chi connectivity index (χ2n) is 7.48. The van der Waals surface area contributed by atoms with Gasteiger partial charge >= 0.3 is 0 Å². The van der Waals surface area contributed by atoms with Crippen LogP contribution in [0, 0.1) is 5.41 Å². The molecule has 122 valence electrons. The molecule has 1 saturated heterocycles. The lowest BCUT2D eigenvalue weighted by atomic mass is 9.82. The molecule has 1 amide bonds. The quantitative estimate of drug-likeness (QED) is 0.775. The maximum Gasteiger partial charge on any atom is 0.247 e. The van der Waals surface area contributed by atoms with E-state index >= 15 is 0 Å². The first kappa shape index (κ1) is 14.1. The Morgan fingerprint density at radius 2 is 1.62 bits per heavy atom. The lowest BCUT2D eigenvalue weighted by molar-refractivity contribution is -0.136. The van der Waals surface area contributed by atoms with Crippen LogP contribution in [0.5, 0.6) is 0 Å². The van der Waals surface area contributed by atoms with Gasteiger partial charge in [0.1, 0.15) is 0 Å². The first-order valence-corrected chi connectivity index (χ1v) is 9.05. The minimum absolute atomic E-state index is 0.0975. The van der Waals surface area contributed by atoms with Crippen molar-refractivity contribution in [2.75, 3.05) is 5.01 Å². The van der Waals surface area contributed by atoms with Gasteiger partial charge in [-0.1, -0.05) is 49.2 Å². The van der Waals surface area contributed by atoms with E-state index < -0.39 is 0 Å². The van der Waals surface area contributed by atoms with Gasteiger partial charge in [-0.3, -0.25) is 9.80 Å². The van der Waals surface area contributed by atoms with Gasteiger partial charge in [0, 0.05) is 0 Å². The first-order chi connectivity index (χ1) is 11.8. The summed E-state index contributed by atoms with van der Waals surface area (Å²) in [6, 6.07) is 19.2. The molecule has 2 aromatic carbocycles. The number of rotatable bonds is 1. The fourth-order valence-corrected chi connectivity index (χ4v) is 5.01. The summed E-state index contributed by atoms with van der Waals surface area (Å²) in [5.74, 6) is 0.350. The Balaban J connectivity index is 1.66. The van der Waals surface area contributed by atoms with E-state index in [1.165, 1.54) is 18.4 Å². The van der Waals surface area contributed by atoms with Crippen molar-refractivity contribution in [2.24, 2.45) is 5.41 Å². The Labute approximate surface area is 142 Å². The fraction of sp³-hybridized carbons (Fsp3) is 0.381. The van der Waals surface area contributed by atoms with Crippen LogP contribution in [-0.4, -0.2) is 17.0 Å². The number of hydrogen-bond acceptors (Lipinski definition) is 2. The largest absolute Gasteiger partial charge is 0.272 e. The Kier molecular flexibility index (Phi) is 2.99. The molecule has 2 aliphatic heterocycles. The van der Waals surface area contributed by atoms with E-state index in [4.69, 9.17) is 0 Å². The Morgan fingerprint density at radius 1 is 0.917 bits per heavy atom. The van der Waals surface area contributed by atoms with Crippen LogP contribution in [0.2, 0.25) is 0 Å². The minimum Gasteiger partial charge on any atom is -0.272 e. The normalized spacial score (nSPS) is 24.3. The minimum atomic E-state index is -0.0975. The van der Waals surface area contributed by atoms with E-state index in [-0.39, 0.29) is 5.41 Å². The smallest absolute Gasteiger partial charge is 0.247 e. The maximum absolute atomic E-state index is 13.4. The topological polar surface area (TPSA) is 23.6 Å². The number of carbonyl (C=O) groups is 1. The van der Waals surface area contributed by atoms with Gasteiger partial charge in [-0.05, 0) is 49.4 Å². The molecule has 2 aromatic rings. The number of hydrazine groups is 1. The van der Waals surface area contributed by atoms with Crippen molar-refractivity contribution in [3.05, 3.63) is 60.2 Å². The van der Waals surface area contributed by atoms with Crippen molar-refractivity contribution in [2.45, 2.75) is 44.6 Å². The van der Waals surface area contributed by atoms with Gasteiger partial charge in [0.05, 0.1) is 22.8 Å². The zero-order chi connectivity index (χ0) is 16.1. The molecule has 2 heterocycles. The van der Waals surface area contributed by atoms with Gasteiger partial charge in [-0.15, -0.1) is 0 Å². The van der Waals surface area contributed by atoms with Crippen LogP contribution in [-0.2, 0) is 11.2 Å². The van der Waals surface area contributed by atoms with E-state index in [0.29, 0.717) is 11.9 Å². The summed E-state index contributed by atoms with van der Waals surface area (Å²) in [5.41, 5.74) is 3.49. The lowest BCUT2D eigenvalue weighted by Gasteiger charge is -2.43. The average Bonchev–Trinajstić information content (AvgIpc) is 3.20. The van der Waals surface area contributed by atoms with Crippen LogP contribution in [0.3, 0.4) is 0 Å². The fourth-order valence-electron chi connectivity index (χ4n) is 5.01. The maximum atomic E-state index is 13.4. The molecule has 1 atom stereocenters. The van der Waals surface area contributed by atoms with Gasteiger partial charge in [-0.25, -0.2) is 5.01 Å². The highest BCUT2D eigenvalue weighted by molar-refractivity contribution is 5.90. The Bertz CT molecular complexity index is 779. The average molecular weight is 318 g/mol. The van der Waals surface area contributed by atoms with Crippen LogP contribution in [0.4, 0.5) is 11.4 Å². The molecule has 1 spiro atoms. The Morgan fingerprint density at radius 3 is 2.42 bits per heavy atom. The zero-order valence-corrected chi connectivity index (χ0v) is 13.8. The molecule has 0 radical (unpaired) electrons. The monoisotopic (exact) mass is 318 g/mol. The molecule has 5 rings (SSSR count). The summed E-state index contributed by atoms with van der Waals surface area (Å²) in [7, 11) is 0. The van der Waals surface area contributed by atoms with Gasteiger partial charge in [-0.2, -0.15) is 0 Å². The standard InChI is InChI=1S/C21H22N2O/c24-20-21(12-6-7-13-21)15-18-14-16-8-4-5-11-19(16)22(23(18)20)17-9-2-1-3-10-17/h1-5,8-11,18H,6-7,12-15H2. The number of para-hydroxylation sites is 2. The summed E-state index contributed by atoms with van der Waals surface area (Å²) in [6.45, 7) is 0. The van der Waals surface area contributed by atoms with Crippen molar-refractivity contribution in [1.82, 2.24) is 5.01 Å². The van der Waals surface area contributed by atoms with Gasteiger partial charge < -0.3 is 0 Å². The van der Waals surface area contributed by atoms with Crippen molar-refractivity contribution >= 4 is 17.3 Å². The molecule has 0 bridgehead atoms. The predicted octanol–water partition coefficient (Wildman–Crippen LogP) is 4.46. The molecule has 0 aromatic heterocycles. The molecular weight excluding hydrogens is 296 g/mol. The Hall–Kier alpha value is -2.29. The van der Waals surface area contributed by atoms with Crippen molar-refractivity contribution in [1.29, 1.82) is 0 Å². The molecule has 1 saturated carbocycles.